The first-order valence-corrected chi connectivity index (χ1v) is 8.55. The molecule has 2 N–H and O–H groups in total. The van der Waals surface area contributed by atoms with E-state index in [0.717, 1.165) is 29.7 Å². The molecule has 0 atom stereocenters. The molecule has 6 nitrogen and oxygen atoms in total. The number of carbonyl (C=O) groups excluding carboxylic acids is 1. The lowest BCUT2D eigenvalue weighted by atomic mass is 9.88. The van der Waals surface area contributed by atoms with Gasteiger partial charge in [0.05, 0.1) is 22.9 Å². The molecule has 2 heterocycles. The summed E-state index contributed by atoms with van der Waals surface area (Å²) in [4.78, 5) is 17.3. The van der Waals surface area contributed by atoms with Gasteiger partial charge in [-0.3, -0.25) is 9.89 Å². The van der Waals surface area contributed by atoms with Gasteiger partial charge in [0.1, 0.15) is 12.4 Å². The summed E-state index contributed by atoms with van der Waals surface area (Å²) in [6, 6.07) is 8.06. The van der Waals surface area contributed by atoms with Crippen LogP contribution in [0.3, 0.4) is 0 Å². The van der Waals surface area contributed by atoms with E-state index in [-0.39, 0.29) is 12.5 Å². The number of hydrogen-bond acceptors (Lipinski definition) is 3. The van der Waals surface area contributed by atoms with Crippen molar-refractivity contribution >= 4 is 22.6 Å². The van der Waals surface area contributed by atoms with Crippen molar-refractivity contribution in [3.05, 3.63) is 42.5 Å². The van der Waals surface area contributed by atoms with Crippen molar-refractivity contribution in [2.75, 3.05) is 5.32 Å². The van der Waals surface area contributed by atoms with E-state index >= 15 is 0 Å². The number of para-hydroxylation sites is 2. The van der Waals surface area contributed by atoms with Gasteiger partial charge < -0.3 is 9.88 Å². The molecule has 0 radical (unpaired) electrons. The molecule has 0 aliphatic heterocycles. The number of fused-ring (bicyclic) bond motifs is 1. The van der Waals surface area contributed by atoms with Gasteiger partial charge in [-0.25, -0.2) is 4.98 Å². The van der Waals surface area contributed by atoms with Crippen LogP contribution in [-0.2, 0) is 11.3 Å². The Bertz CT molecular complexity index is 830. The number of aromatic amines is 1. The second-order valence-corrected chi connectivity index (χ2v) is 6.41. The number of amides is 1. The number of hydrogen-bond donors (Lipinski definition) is 2. The lowest BCUT2D eigenvalue weighted by Gasteiger charge is -2.22. The van der Waals surface area contributed by atoms with Crippen molar-refractivity contribution in [1.82, 2.24) is 19.7 Å². The van der Waals surface area contributed by atoms with Gasteiger partial charge in [-0.05, 0) is 25.0 Å². The van der Waals surface area contributed by atoms with Gasteiger partial charge in [-0.15, -0.1) is 0 Å². The van der Waals surface area contributed by atoms with Crippen LogP contribution in [0.25, 0.3) is 11.0 Å². The molecular formula is C18H21N5O. The maximum atomic E-state index is 12.5. The number of benzene rings is 1. The van der Waals surface area contributed by atoms with Gasteiger partial charge in [-0.2, -0.15) is 5.10 Å². The Labute approximate surface area is 140 Å². The van der Waals surface area contributed by atoms with Gasteiger partial charge >= 0.3 is 0 Å². The van der Waals surface area contributed by atoms with Crippen LogP contribution in [0, 0.1) is 0 Å². The van der Waals surface area contributed by atoms with E-state index in [9.17, 15) is 4.79 Å². The van der Waals surface area contributed by atoms with Crippen LogP contribution in [-0.4, -0.2) is 25.7 Å². The van der Waals surface area contributed by atoms with Crippen LogP contribution in [0.1, 0.15) is 43.8 Å². The predicted octanol–water partition coefficient (Wildman–Crippen LogP) is 3.45. The SMILES string of the molecule is O=C(Cn1c(C2CCCCC2)nc2ccccc21)Nc1cn[nH]c1. The zero-order valence-corrected chi connectivity index (χ0v) is 13.5. The number of nitrogens with zero attached hydrogens (tertiary/aromatic N) is 3. The molecule has 3 aromatic rings. The summed E-state index contributed by atoms with van der Waals surface area (Å²) < 4.78 is 2.08. The Morgan fingerprint density at radius 2 is 2.08 bits per heavy atom. The summed E-state index contributed by atoms with van der Waals surface area (Å²) in [6.07, 6.45) is 9.39. The van der Waals surface area contributed by atoms with Crippen LogP contribution in [0.2, 0.25) is 0 Å². The number of anilines is 1. The summed E-state index contributed by atoms with van der Waals surface area (Å²) in [6.45, 7) is 0.275. The van der Waals surface area contributed by atoms with Gasteiger partial charge in [0.15, 0.2) is 0 Å². The third kappa shape index (κ3) is 2.91. The fourth-order valence-electron chi connectivity index (χ4n) is 3.60. The number of aromatic nitrogens is 4. The minimum absolute atomic E-state index is 0.0587. The second-order valence-electron chi connectivity index (χ2n) is 6.41. The van der Waals surface area contributed by atoms with Crippen molar-refractivity contribution in [3.8, 4) is 0 Å². The largest absolute Gasteiger partial charge is 0.322 e. The molecule has 2 aromatic heterocycles. The second kappa shape index (κ2) is 6.47. The zero-order valence-electron chi connectivity index (χ0n) is 13.5. The quantitative estimate of drug-likeness (QED) is 0.772. The van der Waals surface area contributed by atoms with E-state index in [1.54, 1.807) is 12.4 Å². The van der Waals surface area contributed by atoms with Gasteiger partial charge in [0.25, 0.3) is 0 Å². The van der Waals surface area contributed by atoms with E-state index in [0.29, 0.717) is 11.6 Å². The molecule has 0 bridgehead atoms. The minimum Gasteiger partial charge on any atom is -0.322 e. The summed E-state index contributed by atoms with van der Waals surface area (Å²) in [7, 11) is 0. The molecule has 1 aromatic carbocycles. The summed E-state index contributed by atoms with van der Waals surface area (Å²) in [5.41, 5.74) is 2.68. The summed E-state index contributed by atoms with van der Waals surface area (Å²) in [5, 5.41) is 9.43. The average molecular weight is 323 g/mol. The summed E-state index contributed by atoms with van der Waals surface area (Å²) in [5.74, 6) is 1.45. The van der Waals surface area contributed by atoms with Crippen LogP contribution in [0.15, 0.2) is 36.7 Å². The smallest absolute Gasteiger partial charge is 0.244 e. The Hall–Kier alpha value is -2.63. The lowest BCUT2D eigenvalue weighted by Crippen LogP contribution is -2.21. The maximum absolute atomic E-state index is 12.5. The molecule has 0 saturated heterocycles. The first kappa shape index (κ1) is 14.9. The Morgan fingerprint density at radius 3 is 2.88 bits per heavy atom. The van der Waals surface area contributed by atoms with E-state index < -0.39 is 0 Å². The molecule has 1 amide bonds. The molecule has 0 unspecified atom stereocenters. The van der Waals surface area contributed by atoms with Crippen LogP contribution < -0.4 is 5.32 Å². The monoisotopic (exact) mass is 323 g/mol. The number of carbonyl (C=O) groups is 1. The van der Waals surface area contributed by atoms with Gasteiger partial charge in [-0.1, -0.05) is 31.4 Å². The van der Waals surface area contributed by atoms with E-state index in [1.165, 1.54) is 19.3 Å². The normalized spacial score (nSPS) is 15.7. The molecule has 1 aliphatic carbocycles. The third-order valence-corrected chi connectivity index (χ3v) is 4.74. The number of imidazole rings is 1. The van der Waals surface area contributed by atoms with Gasteiger partial charge in [0, 0.05) is 12.1 Å². The summed E-state index contributed by atoms with van der Waals surface area (Å²) >= 11 is 0. The van der Waals surface area contributed by atoms with Crippen LogP contribution >= 0.6 is 0 Å². The Morgan fingerprint density at radius 1 is 1.25 bits per heavy atom. The molecule has 24 heavy (non-hydrogen) atoms. The van der Waals surface area contributed by atoms with E-state index in [2.05, 4.69) is 20.1 Å². The van der Waals surface area contributed by atoms with E-state index in [4.69, 9.17) is 4.98 Å². The maximum Gasteiger partial charge on any atom is 0.244 e. The molecular weight excluding hydrogens is 302 g/mol. The van der Waals surface area contributed by atoms with Crippen molar-refractivity contribution in [2.24, 2.45) is 0 Å². The molecule has 4 rings (SSSR count). The molecule has 0 spiro atoms. The van der Waals surface area contributed by atoms with Crippen LogP contribution in [0.4, 0.5) is 5.69 Å². The minimum atomic E-state index is -0.0587. The van der Waals surface area contributed by atoms with Crippen molar-refractivity contribution < 1.29 is 4.79 Å². The zero-order chi connectivity index (χ0) is 16.4. The predicted molar refractivity (Wildman–Crippen MR) is 92.8 cm³/mol. The van der Waals surface area contributed by atoms with E-state index in [1.807, 2.05) is 24.3 Å². The first-order chi connectivity index (χ1) is 11.8. The van der Waals surface area contributed by atoms with Crippen LogP contribution in [0.5, 0.6) is 0 Å². The fraction of sp³-hybridized carbons (Fsp3) is 0.389. The number of rotatable bonds is 4. The molecule has 1 saturated carbocycles. The highest BCUT2D eigenvalue weighted by molar-refractivity contribution is 5.91. The Kier molecular flexibility index (Phi) is 4.02. The van der Waals surface area contributed by atoms with Gasteiger partial charge in [0.2, 0.25) is 5.91 Å². The molecule has 1 fully saturated rings. The van der Waals surface area contributed by atoms with Crippen molar-refractivity contribution in [2.45, 2.75) is 44.6 Å². The highest BCUT2D eigenvalue weighted by atomic mass is 16.2. The lowest BCUT2D eigenvalue weighted by molar-refractivity contribution is -0.116. The third-order valence-electron chi connectivity index (χ3n) is 4.74. The first-order valence-electron chi connectivity index (χ1n) is 8.55. The highest BCUT2D eigenvalue weighted by Gasteiger charge is 2.23. The molecule has 6 heteroatoms. The average Bonchev–Trinajstić information content (AvgIpc) is 3.24. The highest BCUT2D eigenvalue weighted by Crippen LogP contribution is 2.33. The van der Waals surface area contributed by atoms with Crippen molar-refractivity contribution in [1.29, 1.82) is 0 Å². The number of H-pyrrole nitrogens is 1. The fourth-order valence-corrected chi connectivity index (χ4v) is 3.60. The standard InChI is InChI=1S/C18H21N5O/c24-17(21-14-10-19-20-11-14)12-23-16-9-5-4-8-15(16)22-18(23)13-6-2-1-3-7-13/h4-5,8-11,13H,1-3,6-7,12H2,(H,19,20)(H,21,24). The topological polar surface area (TPSA) is 75.6 Å². The number of nitrogens with one attached hydrogen (secondary N) is 2. The molecule has 124 valence electrons. The van der Waals surface area contributed by atoms with Crippen molar-refractivity contribution in [3.63, 3.8) is 0 Å². The molecule has 1 aliphatic rings. The Balaban J connectivity index is 1.65.